The lowest BCUT2D eigenvalue weighted by Gasteiger charge is -2.36. The van der Waals surface area contributed by atoms with Crippen LogP contribution < -0.4 is 15.1 Å². The minimum absolute atomic E-state index is 0. The number of benzene rings is 3. The molecule has 0 radical (unpaired) electrons. The van der Waals surface area contributed by atoms with Crippen LogP contribution in [0.4, 0.5) is 5.69 Å². The molecule has 1 aliphatic rings. The van der Waals surface area contributed by atoms with Crippen molar-refractivity contribution >= 4 is 51.6 Å². The summed E-state index contributed by atoms with van der Waals surface area (Å²) in [5.41, 5.74) is 3.21. The van der Waals surface area contributed by atoms with E-state index < -0.39 is 0 Å². The summed E-state index contributed by atoms with van der Waals surface area (Å²) in [7, 11) is 1.71. The molecule has 0 N–H and O–H groups in total. The Bertz CT molecular complexity index is 1310. The Kier molecular flexibility index (Phi) is 6.60. The first-order valence-electron chi connectivity index (χ1n) is 10.4. The van der Waals surface area contributed by atoms with Gasteiger partial charge in [0.25, 0.3) is 0 Å². The van der Waals surface area contributed by atoms with Crippen LogP contribution in [0.2, 0.25) is 5.02 Å². The molecule has 0 atom stereocenters. The molecule has 5 rings (SSSR count). The lowest BCUT2D eigenvalue weighted by Crippen LogP contribution is -2.46. The van der Waals surface area contributed by atoms with Crippen LogP contribution in [-0.4, -0.2) is 38.2 Å². The number of para-hydroxylation sites is 3. The second-order valence-corrected chi connectivity index (χ2v) is 8.22. The number of rotatable bonds is 4. The number of anilines is 1. The maximum atomic E-state index is 13.0. The molecule has 5 nitrogen and oxygen atoms in total. The molecule has 0 amide bonds. The zero-order valence-corrected chi connectivity index (χ0v) is 19.3. The van der Waals surface area contributed by atoms with E-state index in [-0.39, 0.29) is 17.8 Å². The maximum Gasteiger partial charge on any atom is 0.200 e. The van der Waals surface area contributed by atoms with E-state index in [1.165, 1.54) is 0 Å². The van der Waals surface area contributed by atoms with Gasteiger partial charge >= 0.3 is 0 Å². The molecular formula is C25H24Cl2N2O3. The highest BCUT2D eigenvalue weighted by molar-refractivity contribution is 6.34. The van der Waals surface area contributed by atoms with Gasteiger partial charge in [-0.25, -0.2) is 0 Å². The summed E-state index contributed by atoms with van der Waals surface area (Å²) in [6.07, 6.45) is 0. The molecule has 3 aromatic carbocycles. The Morgan fingerprint density at radius 3 is 2.53 bits per heavy atom. The van der Waals surface area contributed by atoms with E-state index in [1.807, 2.05) is 36.4 Å². The summed E-state index contributed by atoms with van der Waals surface area (Å²) in [5.74, 6) is 0.907. The Hall–Kier alpha value is -2.73. The molecule has 1 aliphatic heterocycles. The fourth-order valence-electron chi connectivity index (χ4n) is 4.28. The van der Waals surface area contributed by atoms with Crippen molar-refractivity contribution < 1.29 is 9.15 Å². The average molecular weight is 471 g/mol. The van der Waals surface area contributed by atoms with E-state index >= 15 is 0 Å². The molecule has 0 saturated carbocycles. The molecule has 1 aromatic heterocycles. The second-order valence-electron chi connectivity index (χ2n) is 7.81. The molecule has 1 saturated heterocycles. The van der Waals surface area contributed by atoms with E-state index in [0.29, 0.717) is 27.0 Å². The summed E-state index contributed by atoms with van der Waals surface area (Å²) < 4.78 is 11.4. The Balaban J connectivity index is 0.00000245. The molecule has 4 aromatic rings. The predicted octanol–water partition coefficient (Wildman–Crippen LogP) is 5.35. The number of halogens is 2. The van der Waals surface area contributed by atoms with Crippen molar-refractivity contribution in [1.82, 2.24) is 4.90 Å². The van der Waals surface area contributed by atoms with E-state index in [1.54, 1.807) is 25.3 Å². The van der Waals surface area contributed by atoms with Gasteiger partial charge in [0.2, 0.25) is 5.43 Å². The number of piperazine rings is 1. The van der Waals surface area contributed by atoms with Crippen LogP contribution in [0.1, 0.15) is 5.56 Å². The molecule has 0 aliphatic carbocycles. The van der Waals surface area contributed by atoms with Crippen LogP contribution in [0.3, 0.4) is 0 Å². The number of fused-ring (bicyclic) bond motifs is 2. The first kappa shape index (κ1) is 22.5. The molecule has 32 heavy (non-hydrogen) atoms. The third kappa shape index (κ3) is 4.16. The molecule has 1 fully saturated rings. The number of methoxy groups -OCH3 is 1. The summed E-state index contributed by atoms with van der Waals surface area (Å²) in [6.45, 7) is 4.54. The highest BCUT2D eigenvalue weighted by atomic mass is 35.5. The molecule has 7 heteroatoms. The van der Waals surface area contributed by atoms with Gasteiger partial charge in [-0.2, -0.15) is 0 Å². The molecule has 2 heterocycles. The molecule has 0 bridgehead atoms. The van der Waals surface area contributed by atoms with Crippen molar-refractivity contribution in [2.24, 2.45) is 0 Å². The van der Waals surface area contributed by atoms with Crippen LogP contribution in [0.5, 0.6) is 5.75 Å². The molecular weight excluding hydrogens is 447 g/mol. The van der Waals surface area contributed by atoms with Gasteiger partial charge in [-0.3, -0.25) is 9.69 Å². The van der Waals surface area contributed by atoms with E-state index in [9.17, 15) is 4.79 Å². The van der Waals surface area contributed by atoms with Crippen LogP contribution in [0, 0.1) is 0 Å². The van der Waals surface area contributed by atoms with Gasteiger partial charge in [0.05, 0.1) is 28.6 Å². The van der Waals surface area contributed by atoms with Crippen LogP contribution >= 0.6 is 24.0 Å². The SMILES string of the molecule is COc1ccccc1N1CCN(Cc2ccc3oc4c(Cl)cccc4c(=O)c3c2)CC1.Cl. The second kappa shape index (κ2) is 9.41. The van der Waals surface area contributed by atoms with Gasteiger partial charge in [-0.05, 0) is 42.0 Å². The number of nitrogens with zero attached hydrogens (tertiary/aromatic N) is 2. The number of hydrogen-bond acceptors (Lipinski definition) is 5. The molecule has 0 spiro atoms. The van der Waals surface area contributed by atoms with Crippen molar-refractivity contribution in [2.75, 3.05) is 38.2 Å². The van der Waals surface area contributed by atoms with Gasteiger partial charge in [-0.15, -0.1) is 12.4 Å². The monoisotopic (exact) mass is 470 g/mol. The predicted molar refractivity (Wildman–Crippen MR) is 133 cm³/mol. The Morgan fingerprint density at radius 1 is 0.969 bits per heavy atom. The van der Waals surface area contributed by atoms with Gasteiger partial charge in [0.15, 0.2) is 5.58 Å². The first-order chi connectivity index (χ1) is 15.1. The number of ether oxygens (including phenoxy) is 1. The van der Waals surface area contributed by atoms with Crippen LogP contribution in [0.15, 0.2) is 69.9 Å². The topological polar surface area (TPSA) is 45.9 Å². The zero-order chi connectivity index (χ0) is 21.4. The fraction of sp³-hybridized carbons (Fsp3) is 0.240. The lowest BCUT2D eigenvalue weighted by atomic mass is 10.1. The third-order valence-corrected chi connectivity index (χ3v) is 6.21. The summed E-state index contributed by atoms with van der Waals surface area (Å²) >= 11 is 6.21. The Morgan fingerprint density at radius 2 is 1.75 bits per heavy atom. The van der Waals surface area contributed by atoms with Crippen molar-refractivity contribution in [3.8, 4) is 5.75 Å². The average Bonchev–Trinajstić information content (AvgIpc) is 2.81. The summed E-state index contributed by atoms with van der Waals surface area (Å²) in [6, 6.07) is 19.3. The fourth-order valence-corrected chi connectivity index (χ4v) is 4.50. The van der Waals surface area contributed by atoms with Gasteiger partial charge in [0, 0.05) is 32.7 Å². The summed E-state index contributed by atoms with van der Waals surface area (Å²) in [5, 5.41) is 1.57. The first-order valence-corrected chi connectivity index (χ1v) is 10.8. The van der Waals surface area contributed by atoms with E-state index in [2.05, 4.69) is 15.9 Å². The Labute approximate surface area is 197 Å². The number of hydrogen-bond donors (Lipinski definition) is 0. The quantitative estimate of drug-likeness (QED) is 0.376. The lowest BCUT2D eigenvalue weighted by molar-refractivity contribution is 0.249. The molecule has 0 unspecified atom stereocenters. The zero-order valence-electron chi connectivity index (χ0n) is 17.7. The minimum atomic E-state index is -0.0402. The maximum absolute atomic E-state index is 13.0. The van der Waals surface area contributed by atoms with Crippen molar-refractivity contribution in [3.05, 3.63) is 81.5 Å². The van der Waals surface area contributed by atoms with Gasteiger partial charge in [0.1, 0.15) is 11.3 Å². The van der Waals surface area contributed by atoms with Crippen molar-refractivity contribution in [2.45, 2.75) is 6.54 Å². The highest BCUT2D eigenvalue weighted by Gasteiger charge is 2.20. The van der Waals surface area contributed by atoms with Gasteiger partial charge in [-0.1, -0.05) is 35.9 Å². The van der Waals surface area contributed by atoms with Crippen molar-refractivity contribution in [1.29, 1.82) is 0 Å². The van der Waals surface area contributed by atoms with Crippen molar-refractivity contribution in [3.63, 3.8) is 0 Å². The molecule has 166 valence electrons. The normalized spacial score (nSPS) is 14.5. The summed E-state index contributed by atoms with van der Waals surface area (Å²) in [4.78, 5) is 17.8. The highest BCUT2D eigenvalue weighted by Crippen LogP contribution is 2.29. The smallest absolute Gasteiger partial charge is 0.200 e. The van der Waals surface area contributed by atoms with E-state index in [0.717, 1.165) is 49.7 Å². The van der Waals surface area contributed by atoms with E-state index in [4.69, 9.17) is 20.8 Å². The standard InChI is InChI=1S/C25H23ClN2O3.ClH/c1-30-23-8-3-2-7-21(23)28-13-11-27(12-14-28)16-17-9-10-22-19(15-17)24(29)18-5-4-6-20(26)25(18)31-22;/h2-10,15H,11-14,16H2,1H3;1H. The largest absolute Gasteiger partial charge is 0.495 e. The minimum Gasteiger partial charge on any atom is -0.495 e. The van der Waals surface area contributed by atoms with Crippen LogP contribution in [-0.2, 0) is 6.54 Å². The van der Waals surface area contributed by atoms with Crippen LogP contribution in [0.25, 0.3) is 21.9 Å². The third-order valence-electron chi connectivity index (χ3n) is 5.92. The van der Waals surface area contributed by atoms with Gasteiger partial charge < -0.3 is 14.1 Å².